The number of halogens is 2. The van der Waals surface area contributed by atoms with Gasteiger partial charge in [0.15, 0.2) is 0 Å². The van der Waals surface area contributed by atoms with Crippen LogP contribution >= 0.6 is 0 Å². The van der Waals surface area contributed by atoms with Crippen molar-refractivity contribution < 1.29 is 13.9 Å². The molecule has 2 atom stereocenters. The minimum absolute atomic E-state index is 0.0350. The Morgan fingerprint density at radius 2 is 2.12 bits per heavy atom. The van der Waals surface area contributed by atoms with Gasteiger partial charge in [0.1, 0.15) is 11.6 Å². The summed E-state index contributed by atoms with van der Waals surface area (Å²) >= 11 is 0. The largest absolute Gasteiger partial charge is 0.396 e. The zero-order valence-electron chi connectivity index (χ0n) is 8.92. The molecule has 0 bridgehead atoms. The zero-order valence-corrected chi connectivity index (χ0v) is 8.92. The molecule has 0 spiro atoms. The lowest BCUT2D eigenvalue weighted by Gasteiger charge is -2.18. The van der Waals surface area contributed by atoms with Crippen LogP contribution in [0.1, 0.15) is 17.9 Å². The van der Waals surface area contributed by atoms with Crippen molar-refractivity contribution >= 4 is 0 Å². The van der Waals surface area contributed by atoms with Crippen LogP contribution in [0.4, 0.5) is 8.78 Å². The molecule has 0 radical (unpaired) electrons. The second-order valence-corrected chi connectivity index (χ2v) is 4.20. The van der Waals surface area contributed by atoms with Gasteiger partial charge in [-0.1, -0.05) is 6.07 Å². The Morgan fingerprint density at radius 3 is 2.81 bits per heavy atom. The number of rotatable bonds is 3. The van der Waals surface area contributed by atoms with Crippen LogP contribution < -0.4 is 5.32 Å². The van der Waals surface area contributed by atoms with Crippen molar-refractivity contribution in [3.8, 4) is 0 Å². The van der Waals surface area contributed by atoms with Gasteiger partial charge in [0.25, 0.3) is 0 Å². The van der Waals surface area contributed by atoms with E-state index in [1.165, 1.54) is 12.1 Å². The van der Waals surface area contributed by atoms with Gasteiger partial charge in [-0.25, -0.2) is 8.78 Å². The fraction of sp³-hybridized carbons (Fsp3) is 0.500. The molecule has 0 amide bonds. The summed E-state index contributed by atoms with van der Waals surface area (Å²) in [5, 5.41) is 12.1. The molecule has 2 nitrogen and oxygen atoms in total. The molecule has 0 aromatic heterocycles. The molecule has 0 saturated carbocycles. The van der Waals surface area contributed by atoms with E-state index in [0.29, 0.717) is 18.5 Å². The summed E-state index contributed by atoms with van der Waals surface area (Å²) in [6.07, 6.45) is 0.647. The number of benzene rings is 1. The summed E-state index contributed by atoms with van der Waals surface area (Å²) in [4.78, 5) is 0. The van der Waals surface area contributed by atoms with E-state index in [1.807, 2.05) is 0 Å². The van der Waals surface area contributed by atoms with E-state index >= 15 is 0 Å². The normalized spacial score (nSPS) is 24.9. The van der Waals surface area contributed by atoms with Gasteiger partial charge in [-0.05, 0) is 30.5 Å². The van der Waals surface area contributed by atoms with E-state index in [0.717, 1.165) is 12.6 Å². The average Bonchev–Trinajstić information content (AvgIpc) is 2.67. The van der Waals surface area contributed by atoms with Gasteiger partial charge in [0, 0.05) is 25.1 Å². The first-order valence-electron chi connectivity index (χ1n) is 5.49. The van der Waals surface area contributed by atoms with Crippen LogP contribution in [0.5, 0.6) is 0 Å². The minimum atomic E-state index is -0.550. The van der Waals surface area contributed by atoms with E-state index in [2.05, 4.69) is 5.32 Å². The second kappa shape index (κ2) is 4.89. The molecule has 0 aliphatic carbocycles. The Balaban J connectivity index is 2.22. The topological polar surface area (TPSA) is 32.3 Å². The number of hydrogen-bond acceptors (Lipinski definition) is 2. The summed E-state index contributed by atoms with van der Waals surface area (Å²) < 4.78 is 26.4. The Labute approximate surface area is 93.3 Å². The Bertz CT molecular complexity index is 370. The van der Waals surface area contributed by atoms with Gasteiger partial charge in [-0.2, -0.15) is 0 Å². The molecule has 4 heteroatoms. The predicted octanol–water partition coefficient (Wildman–Crippen LogP) is 1.65. The number of aliphatic hydroxyl groups is 1. The number of aliphatic hydroxyl groups excluding tert-OH is 1. The minimum Gasteiger partial charge on any atom is -0.396 e. The first kappa shape index (κ1) is 11.5. The summed E-state index contributed by atoms with van der Waals surface area (Å²) in [6.45, 7) is 1.57. The monoisotopic (exact) mass is 227 g/mol. The fourth-order valence-corrected chi connectivity index (χ4v) is 2.37. The Hall–Kier alpha value is -1.00. The predicted molar refractivity (Wildman–Crippen MR) is 57.2 cm³/mol. The van der Waals surface area contributed by atoms with Crippen LogP contribution in [0.15, 0.2) is 18.2 Å². The highest BCUT2D eigenvalue weighted by atomic mass is 19.1. The summed E-state index contributed by atoms with van der Waals surface area (Å²) in [7, 11) is 0. The molecular weight excluding hydrogens is 212 g/mol. The van der Waals surface area contributed by atoms with Gasteiger partial charge in [0.2, 0.25) is 0 Å². The van der Waals surface area contributed by atoms with Gasteiger partial charge in [-0.3, -0.25) is 0 Å². The van der Waals surface area contributed by atoms with Crippen LogP contribution in [0.25, 0.3) is 0 Å². The van der Waals surface area contributed by atoms with Crippen molar-refractivity contribution in [3.63, 3.8) is 0 Å². The third-order valence-electron chi connectivity index (χ3n) is 3.20. The zero-order chi connectivity index (χ0) is 11.5. The summed E-state index contributed by atoms with van der Waals surface area (Å²) in [5.41, 5.74) is 0.546. The van der Waals surface area contributed by atoms with Crippen molar-refractivity contribution in [2.24, 2.45) is 5.92 Å². The molecule has 1 saturated heterocycles. The number of nitrogens with one attached hydrogen (secondary N) is 1. The number of hydrogen-bond donors (Lipinski definition) is 2. The van der Waals surface area contributed by atoms with Crippen molar-refractivity contribution in [2.45, 2.75) is 12.3 Å². The van der Waals surface area contributed by atoms with Crippen molar-refractivity contribution in [2.75, 3.05) is 19.7 Å². The average molecular weight is 227 g/mol. The quantitative estimate of drug-likeness (QED) is 0.823. The smallest absolute Gasteiger partial charge is 0.129 e. The first-order valence-corrected chi connectivity index (χ1v) is 5.49. The van der Waals surface area contributed by atoms with E-state index in [9.17, 15) is 8.78 Å². The highest BCUT2D eigenvalue weighted by molar-refractivity contribution is 5.25. The maximum absolute atomic E-state index is 13.6. The summed E-state index contributed by atoms with van der Waals surface area (Å²) in [6, 6.07) is 3.71. The molecule has 2 rings (SSSR count). The molecule has 1 aromatic carbocycles. The van der Waals surface area contributed by atoms with E-state index < -0.39 is 11.6 Å². The van der Waals surface area contributed by atoms with Crippen LogP contribution in [0.2, 0.25) is 0 Å². The van der Waals surface area contributed by atoms with Gasteiger partial charge < -0.3 is 10.4 Å². The third kappa shape index (κ3) is 2.23. The molecule has 1 aliphatic heterocycles. The lowest BCUT2D eigenvalue weighted by molar-refractivity contribution is 0.255. The van der Waals surface area contributed by atoms with Crippen LogP contribution in [0.3, 0.4) is 0 Å². The highest BCUT2D eigenvalue weighted by Gasteiger charge is 2.29. The van der Waals surface area contributed by atoms with Gasteiger partial charge in [0.05, 0.1) is 0 Å². The molecular formula is C12H15F2NO. The second-order valence-electron chi connectivity index (χ2n) is 4.20. The van der Waals surface area contributed by atoms with Crippen molar-refractivity contribution in [3.05, 3.63) is 35.4 Å². The van der Waals surface area contributed by atoms with E-state index in [-0.39, 0.29) is 18.4 Å². The molecule has 2 N–H and O–H groups in total. The van der Waals surface area contributed by atoms with Crippen LogP contribution in [-0.4, -0.2) is 24.8 Å². The molecule has 1 heterocycles. The van der Waals surface area contributed by atoms with Crippen molar-refractivity contribution in [1.82, 2.24) is 5.32 Å². The summed E-state index contributed by atoms with van der Waals surface area (Å²) in [5.74, 6) is -0.778. The first-order chi connectivity index (χ1) is 7.72. The molecule has 1 aliphatic rings. The fourth-order valence-electron chi connectivity index (χ4n) is 2.37. The Kier molecular flexibility index (Phi) is 3.51. The van der Waals surface area contributed by atoms with Crippen LogP contribution in [-0.2, 0) is 0 Å². The lowest BCUT2D eigenvalue weighted by Crippen LogP contribution is -2.13. The van der Waals surface area contributed by atoms with Crippen molar-refractivity contribution in [1.29, 1.82) is 0 Å². The standard InChI is InChI=1S/C12H15F2NO/c13-9-1-2-10(12(14)5-9)11-7-15-6-8(11)3-4-16/h1-2,5,8,11,15-16H,3-4,6-7H2. The third-order valence-corrected chi connectivity index (χ3v) is 3.20. The molecule has 16 heavy (non-hydrogen) atoms. The maximum atomic E-state index is 13.6. The molecule has 1 aromatic rings. The SMILES string of the molecule is OCCC1CNCC1c1ccc(F)cc1F. The van der Waals surface area contributed by atoms with E-state index in [1.54, 1.807) is 0 Å². The maximum Gasteiger partial charge on any atom is 0.129 e. The van der Waals surface area contributed by atoms with Gasteiger partial charge in [-0.15, -0.1) is 0 Å². The molecule has 1 fully saturated rings. The lowest BCUT2D eigenvalue weighted by atomic mass is 9.87. The molecule has 2 unspecified atom stereocenters. The van der Waals surface area contributed by atoms with Gasteiger partial charge >= 0.3 is 0 Å². The highest BCUT2D eigenvalue weighted by Crippen LogP contribution is 2.31. The Morgan fingerprint density at radius 1 is 1.31 bits per heavy atom. The van der Waals surface area contributed by atoms with E-state index in [4.69, 9.17) is 5.11 Å². The van der Waals surface area contributed by atoms with Crippen LogP contribution in [0, 0.1) is 17.6 Å². The molecule has 88 valence electrons.